The van der Waals surface area contributed by atoms with Gasteiger partial charge in [0.2, 0.25) is 0 Å². The molecule has 2 fully saturated rings. The first-order valence-electron chi connectivity index (χ1n) is 7.59. The second-order valence-electron chi connectivity index (χ2n) is 7.30. The van der Waals surface area contributed by atoms with E-state index in [1.807, 2.05) is 39.1 Å². The molecule has 1 atom stereocenters. The number of hydrogen-bond acceptors (Lipinski definition) is 4. The van der Waals surface area contributed by atoms with Gasteiger partial charge in [-0.1, -0.05) is 17.7 Å². The highest BCUT2D eigenvalue weighted by molar-refractivity contribution is 6.29. The van der Waals surface area contributed by atoms with Crippen LogP contribution in [0.3, 0.4) is 0 Å². The third-order valence-electron chi connectivity index (χ3n) is 4.38. The number of hydrogen-bond donors (Lipinski definition) is 1. The molecule has 0 radical (unpaired) electrons. The average Bonchev–Trinajstić information content (AvgIpc) is 2.80. The molecule has 0 saturated carbocycles. The Bertz CT molecular complexity index is 562. The molecule has 120 valence electrons. The highest BCUT2D eigenvalue weighted by Gasteiger charge is 2.54. The number of carbonyl (C=O) groups is 1. The van der Waals surface area contributed by atoms with Crippen LogP contribution in [0.15, 0.2) is 18.3 Å². The van der Waals surface area contributed by atoms with Crippen molar-refractivity contribution >= 4 is 17.7 Å². The molecule has 1 amide bonds. The number of likely N-dealkylation sites (tertiary alicyclic amines) is 1. The van der Waals surface area contributed by atoms with E-state index < -0.39 is 5.60 Å². The van der Waals surface area contributed by atoms with Crippen LogP contribution in [0.25, 0.3) is 0 Å². The molecule has 1 aromatic rings. The van der Waals surface area contributed by atoms with Crippen LogP contribution in [0.5, 0.6) is 0 Å². The summed E-state index contributed by atoms with van der Waals surface area (Å²) in [4.78, 5) is 18.1. The van der Waals surface area contributed by atoms with Crippen molar-refractivity contribution in [3.63, 3.8) is 0 Å². The molecule has 6 heteroatoms. The van der Waals surface area contributed by atoms with Crippen molar-refractivity contribution in [2.45, 2.75) is 32.3 Å². The molecule has 2 aliphatic heterocycles. The molecule has 2 aliphatic rings. The lowest BCUT2D eigenvalue weighted by molar-refractivity contribution is -0.0328. The number of ether oxygens (including phenoxy) is 1. The standard InChI is InChI=1S/C16H22ClN3O2/c1-15(2,3)22-14(21)20-9-16(10-20)8-18-7-12(16)11-4-5-13(17)19-6-11/h4-6,12,18H,7-10H2,1-3H3. The smallest absolute Gasteiger partial charge is 0.410 e. The summed E-state index contributed by atoms with van der Waals surface area (Å²) in [7, 11) is 0. The Labute approximate surface area is 136 Å². The summed E-state index contributed by atoms with van der Waals surface area (Å²) < 4.78 is 5.44. The van der Waals surface area contributed by atoms with Crippen molar-refractivity contribution in [1.82, 2.24) is 15.2 Å². The van der Waals surface area contributed by atoms with E-state index >= 15 is 0 Å². The number of nitrogens with one attached hydrogen (secondary N) is 1. The van der Waals surface area contributed by atoms with Crippen molar-refractivity contribution in [2.24, 2.45) is 5.41 Å². The number of rotatable bonds is 1. The summed E-state index contributed by atoms with van der Waals surface area (Å²) in [6.45, 7) is 8.94. The topological polar surface area (TPSA) is 54.5 Å². The van der Waals surface area contributed by atoms with E-state index in [0.717, 1.165) is 26.2 Å². The van der Waals surface area contributed by atoms with Crippen LogP contribution in [0.1, 0.15) is 32.3 Å². The normalized spacial score (nSPS) is 23.5. The van der Waals surface area contributed by atoms with Gasteiger partial charge in [0.1, 0.15) is 10.8 Å². The second kappa shape index (κ2) is 5.39. The maximum Gasteiger partial charge on any atom is 0.410 e. The average molecular weight is 324 g/mol. The van der Waals surface area contributed by atoms with Crippen molar-refractivity contribution in [1.29, 1.82) is 0 Å². The Balaban J connectivity index is 1.68. The molecule has 0 bridgehead atoms. The SMILES string of the molecule is CC(C)(C)OC(=O)N1CC2(CNCC2c2ccc(Cl)nc2)C1. The predicted octanol–water partition coefficient (Wildman–Crippen LogP) is 2.66. The molecule has 1 N–H and O–H groups in total. The zero-order chi connectivity index (χ0) is 16.0. The molecule has 0 aromatic carbocycles. The lowest BCUT2D eigenvalue weighted by Crippen LogP contribution is -2.62. The van der Waals surface area contributed by atoms with E-state index in [2.05, 4.69) is 10.3 Å². The van der Waals surface area contributed by atoms with Gasteiger partial charge in [0.25, 0.3) is 0 Å². The van der Waals surface area contributed by atoms with Crippen molar-refractivity contribution in [3.8, 4) is 0 Å². The van der Waals surface area contributed by atoms with Crippen LogP contribution in [0.4, 0.5) is 4.79 Å². The molecular weight excluding hydrogens is 302 g/mol. The molecule has 0 aliphatic carbocycles. The zero-order valence-corrected chi connectivity index (χ0v) is 14.0. The van der Waals surface area contributed by atoms with E-state index in [4.69, 9.17) is 16.3 Å². The summed E-state index contributed by atoms with van der Waals surface area (Å²) in [5.41, 5.74) is 0.817. The van der Waals surface area contributed by atoms with Crippen LogP contribution >= 0.6 is 11.6 Å². The van der Waals surface area contributed by atoms with Gasteiger partial charge in [0, 0.05) is 43.7 Å². The maximum absolute atomic E-state index is 12.1. The van der Waals surface area contributed by atoms with Gasteiger partial charge in [-0.3, -0.25) is 0 Å². The van der Waals surface area contributed by atoms with E-state index in [1.165, 1.54) is 5.56 Å². The van der Waals surface area contributed by atoms with Crippen LogP contribution in [-0.4, -0.2) is 47.8 Å². The zero-order valence-electron chi connectivity index (χ0n) is 13.2. The fourth-order valence-electron chi connectivity index (χ4n) is 3.37. The summed E-state index contributed by atoms with van der Waals surface area (Å²) in [5, 5.41) is 3.95. The number of carbonyl (C=O) groups excluding carboxylic acids is 1. The minimum atomic E-state index is -0.451. The van der Waals surface area contributed by atoms with Crippen molar-refractivity contribution in [2.75, 3.05) is 26.2 Å². The molecule has 2 saturated heterocycles. The Hall–Kier alpha value is -1.33. The molecule has 1 aromatic heterocycles. The molecule has 3 heterocycles. The Morgan fingerprint density at radius 1 is 1.45 bits per heavy atom. The van der Waals surface area contributed by atoms with Gasteiger partial charge in [0.15, 0.2) is 0 Å². The van der Waals surface area contributed by atoms with Crippen LogP contribution in [0, 0.1) is 5.41 Å². The summed E-state index contributed by atoms with van der Waals surface area (Å²) in [6.07, 6.45) is 1.62. The van der Waals surface area contributed by atoms with Crippen molar-refractivity contribution < 1.29 is 9.53 Å². The maximum atomic E-state index is 12.1. The first-order chi connectivity index (χ1) is 10.3. The Kier molecular flexibility index (Phi) is 3.81. The fraction of sp³-hybridized carbons (Fsp3) is 0.625. The summed E-state index contributed by atoms with van der Waals surface area (Å²) in [6, 6.07) is 3.86. The minimum absolute atomic E-state index is 0.0897. The lowest BCUT2D eigenvalue weighted by Gasteiger charge is -2.50. The number of amides is 1. The molecule has 5 nitrogen and oxygen atoms in total. The van der Waals surface area contributed by atoms with Gasteiger partial charge >= 0.3 is 6.09 Å². The predicted molar refractivity (Wildman–Crippen MR) is 85.1 cm³/mol. The van der Waals surface area contributed by atoms with E-state index in [9.17, 15) is 4.79 Å². The number of halogens is 1. The summed E-state index contributed by atoms with van der Waals surface area (Å²) >= 11 is 5.87. The van der Waals surface area contributed by atoms with Gasteiger partial charge in [-0.05, 0) is 32.4 Å². The number of aromatic nitrogens is 1. The molecule has 1 spiro atoms. The highest BCUT2D eigenvalue weighted by Crippen LogP contribution is 2.46. The Morgan fingerprint density at radius 3 is 2.77 bits per heavy atom. The lowest BCUT2D eigenvalue weighted by atomic mass is 9.69. The van der Waals surface area contributed by atoms with E-state index in [0.29, 0.717) is 11.1 Å². The van der Waals surface area contributed by atoms with Crippen molar-refractivity contribution in [3.05, 3.63) is 29.0 Å². The van der Waals surface area contributed by atoms with E-state index in [-0.39, 0.29) is 11.5 Å². The quantitative estimate of drug-likeness (QED) is 0.807. The first kappa shape index (κ1) is 15.6. The van der Waals surface area contributed by atoms with Gasteiger partial charge < -0.3 is 15.0 Å². The van der Waals surface area contributed by atoms with Gasteiger partial charge in [0.05, 0.1) is 0 Å². The minimum Gasteiger partial charge on any atom is -0.444 e. The van der Waals surface area contributed by atoms with Crippen LogP contribution in [-0.2, 0) is 4.74 Å². The fourth-order valence-corrected chi connectivity index (χ4v) is 3.48. The first-order valence-corrected chi connectivity index (χ1v) is 7.97. The molecule has 1 unspecified atom stereocenters. The largest absolute Gasteiger partial charge is 0.444 e. The summed E-state index contributed by atoms with van der Waals surface area (Å²) in [5.74, 6) is 0.357. The molecule has 22 heavy (non-hydrogen) atoms. The third kappa shape index (κ3) is 2.92. The Morgan fingerprint density at radius 2 is 2.18 bits per heavy atom. The second-order valence-corrected chi connectivity index (χ2v) is 7.68. The van der Waals surface area contributed by atoms with E-state index in [1.54, 1.807) is 4.90 Å². The molecule has 3 rings (SSSR count). The number of nitrogens with zero attached hydrogens (tertiary/aromatic N) is 2. The van der Waals surface area contributed by atoms with Crippen LogP contribution in [0.2, 0.25) is 5.15 Å². The van der Waals surface area contributed by atoms with Gasteiger partial charge in [-0.15, -0.1) is 0 Å². The van der Waals surface area contributed by atoms with Gasteiger partial charge in [-0.2, -0.15) is 0 Å². The monoisotopic (exact) mass is 323 g/mol. The van der Waals surface area contributed by atoms with Gasteiger partial charge in [-0.25, -0.2) is 9.78 Å². The highest BCUT2D eigenvalue weighted by atomic mass is 35.5. The number of pyridine rings is 1. The molecular formula is C16H22ClN3O2. The van der Waals surface area contributed by atoms with Crippen LogP contribution < -0.4 is 5.32 Å². The third-order valence-corrected chi connectivity index (χ3v) is 4.60.